The molecule has 12 rings (SSSR count). The molecule has 12 heteroatoms. The second-order valence-corrected chi connectivity index (χ2v) is 19.4. The third-order valence-electron chi connectivity index (χ3n) is 14.6. The summed E-state index contributed by atoms with van der Waals surface area (Å²) in [4.78, 5) is 0. The lowest BCUT2D eigenvalue weighted by atomic mass is 9.96. The number of hydrogen-bond donors (Lipinski definition) is 0. The number of hydrogen-bond acceptors (Lipinski definition) is 10. The van der Waals surface area contributed by atoms with Crippen LogP contribution in [0.3, 0.4) is 0 Å². The minimum Gasteiger partial charge on any atom is -0.308 e. The first-order valence-corrected chi connectivity index (χ1v) is 25.2. The van der Waals surface area contributed by atoms with E-state index in [0.29, 0.717) is 145 Å². The normalized spacial score (nSPS) is 10.6. The topological polar surface area (TPSA) is 248 Å². The van der Waals surface area contributed by atoms with Gasteiger partial charge in [0.1, 0.15) is 0 Å². The summed E-state index contributed by atoms with van der Waals surface area (Å²) in [6.07, 6.45) is 0. The van der Waals surface area contributed by atoms with Gasteiger partial charge in [0.15, 0.2) is 0 Å². The summed E-state index contributed by atoms with van der Waals surface area (Å²) in [6.45, 7) is 0. The van der Waals surface area contributed by atoms with Crippen LogP contribution in [0.5, 0.6) is 0 Å². The summed E-state index contributed by atoms with van der Waals surface area (Å²) < 4.78 is 4.15. The fourth-order valence-electron chi connectivity index (χ4n) is 11.0. The number of aromatic nitrogens is 2. The third kappa shape index (κ3) is 8.44. The van der Waals surface area contributed by atoms with Crippen molar-refractivity contribution in [1.82, 2.24) is 9.13 Å². The second-order valence-electron chi connectivity index (χ2n) is 19.4. The number of benzene rings is 10. The molecular formula is C70H30N12. The molecule has 0 amide bonds. The molecule has 12 aromatic rings. The van der Waals surface area contributed by atoms with Crippen LogP contribution in [-0.2, 0) is 0 Å². The first-order valence-electron chi connectivity index (χ1n) is 25.2. The van der Waals surface area contributed by atoms with Crippen molar-refractivity contribution in [3.05, 3.63) is 238 Å². The fraction of sp³-hybridized carbons (Fsp3) is 0. The van der Waals surface area contributed by atoms with Crippen LogP contribution in [-0.4, -0.2) is 9.13 Å². The Balaban J connectivity index is 1.21. The Morgan fingerprint density at radius 1 is 0.207 bits per heavy atom. The number of nitrogens with zero attached hydrogens (tertiary/aromatic N) is 12. The average Bonchev–Trinajstić information content (AvgIpc) is 2.58. The van der Waals surface area contributed by atoms with Crippen molar-refractivity contribution in [2.24, 2.45) is 0 Å². The van der Waals surface area contributed by atoms with E-state index in [0.717, 1.165) is 21.5 Å². The molecule has 2 heterocycles. The summed E-state index contributed by atoms with van der Waals surface area (Å²) in [5, 5.41) is 105. The number of rotatable bonds is 7. The Morgan fingerprint density at radius 2 is 0.451 bits per heavy atom. The molecule has 0 atom stereocenters. The van der Waals surface area contributed by atoms with Gasteiger partial charge in [-0.2, -0.15) is 52.6 Å². The number of nitriles is 10. The van der Waals surface area contributed by atoms with Gasteiger partial charge in [0.2, 0.25) is 0 Å². The van der Waals surface area contributed by atoms with Crippen LogP contribution in [0.25, 0.3) is 111 Å². The van der Waals surface area contributed by atoms with E-state index in [1.165, 1.54) is 24.3 Å². The van der Waals surface area contributed by atoms with Crippen LogP contribution in [0.15, 0.2) is 182 Å². The lowest BCUT2D eigenvalue weighted by Crippen LogP contribution is -2.05. The molecule has 0 fully saturated rings. The summed E-state index contributed by atoms with van der Waals surface area (Å²) >= 11 is 0. The van der Waals surface area contributed by atoms with Crippen LogP contribution < -0.4 is 0 Å². The minimum absolute atomic E-state index is 0.293. The van der Waals surface area contributed by atoms with E-state index in [9.17, 15) is 52.6 Å². The van der Waals surface area contributed by atoms with Crippen molar-refractivity contribution in [2.45, 2.75) is 0 Å². The maximum atomic E-state index is 11.2. The largest absolute Gasteiger partial charge is 0.308 e. The quantitative estimate of drug-likeness (QED) is 0.146. The minimum atomic E-state index is 0.293. The van der Waals surface area contributed by atoms with Gasteiger partial charge in [0, 0.05) is 27.1 Å². The standard InChI is InChI=1S/C70H30N12/c71-31-41-2-1-3-55(16-41)70-68(81-64-8-4-51(56-17-42(32-72)12-43(18-56)33-73)27-60(64)61-28-52(5-9-65(61)81)57-19-44(34-74)13-45(20-57)35-75)25-50(40-80)26-69(70)82-66-10-6-53(58-21-46(36-76)14-47(22-58)37-77)29-62(66)63-30-54(7-11-67(63)82)59-23-48(38-78)15-49(24-59)39-79/h1-30H. The first-order chi connectivity index (χ1) is 40.1. The summed E-state index contributed by atoms with van der Waals surface area (Å²) in [7, 11) is 0. The zero-order valence-corrected chi connectivity index (χ0v) is 42.7. The zero-order chi connectivity index (χ0) is 56.8. The highest BCUT2D eigenvalue weighted by Gasteiger charge is 2.25. The van der Waals surface area contributed by atoms with Gasteiger partial charge in [-0.3, -0.25) is 0 Å². The molecule has 0 saturated heterocycles. The Labute approximate surface area is 468 Å². The summed E-state index contributed by atoms with van der Waals surface area (Å²) in [6, 6.07) is 76.4. The van der Waals surface area contributed by atoms with E-state index in [4.69, 9.17) is 0 Å². The molecule has 82 heavy (non-hydrogen) atoms. The van der Waals surface area contributed by atoms with Crippen LogP contribution in [0.4, 0.5) is 0 Å². The smallest absolute Gasteiger partial charge is 0.0993 e. The van der Waals surface area contributed by atoms with Crippen LogP contribution in [0.1, 0.15) is 55.6 Å². The zero-order valence-electron chi connectivity index (χ0n) is 42.7. The predicted molar refractivity (Wildman–Crippen MR) is 309 cm³/mol. The summed E-state index contributed by atoms with van der Waals surface area (Å²) in [5.41, 5.74) is 13.9. The summed E-state index contributed by atoms with van der Waals surface area (Å²) in [5.74, 6) is 0. The third-order valence-corrected chi connectivity index (χ3v) is 14.6. The van der Waals surface area contributed by atoms with Crippen molar-refractivity contribution >= 4 is 43.6 Å². The molecule has 0 aliphatic rings. The van der Waals surface area contributed by atoms with Crippen molar-refractivity contribution in [3.8, 4) is 128 Å². The van der Waals surface area contributed by atoms with Gasteiger partial charge in [-0.15, -0.1) is 0 Å². The van der Waals surface area contributed by atoms with Gasteiger partial charge in [-0.25, -0.2) is 0 Å². The van der Waals surface area contributed by atoms with E-state index in [1.54, 1.807) is 66.7 Å². The first kappa shape index (κ1) is 49.6. The van der Waals surface area contributed by atoms with Gasteiger partial charge < -0.3 is 9.13 Å². The second kappa shape index (κ2) is 20.0. The van der Waals surface area contributed by atoms with E-state index < -0.39 is 0 Å². The Hall–Kier alpha value is -13.3. The van der Waals surface area contributed by atoms with Crippen molar-refractivity contribution in [1.29, 1.82) is 52.6 Å². The molecule has 12 nitrogen and oxygen atoms in total. The molecule has 0 bridgehead atoms. The highest BCUT2D eigenvalue weighted by molar-refractivity contribution is 6.14. The molecule has 0 spiro atoms. The average molecular weight is 1040 g/mol. The van der Waals surface area contributed by atoms with E-state index >= 15 is 0 Å². The van der Waals surface area contributed by atoms with Gasteiger partial charge in [-0.05, 0) is 196 Å². The molecule has 370 valence electrons. The van der Waals surface area contributed by atoms with Crippen LogP contribution in [0, 0.1) is 113 Å². The SMILES string of the molecule is N#Cc1cc(C#N)cc(-c2ccc3c(c2)c2cc(-c4cc(C#N)cc(C#N)c4)ccc2n3-c2cc(C#N)cc(-n3c4ccc(-c5cc(C#N)cc(C#N)c5)cc4c4cc(-c5cc(C#N)cc(C#N)c5)ccc43)c2-c2cccc(C#N)c2)c1. The maximum absolute atomic E-state index is 11.2. The highest BCUT2D eigenvalue weighted by atomic mass is 15.0. The van der Waals surface area contributed by atoms with Crippen LogP contribution in [0.2, 0.25) is 0 Å². The van der Waals surface area contributed by atoms with Gasteiger partial charge in [0.25, 0.3) is 0 Å². The predicted octanol–water partition coefficient (Wildman–Crippen LogP) is 14.9. The van der Waals surface area contributed by atoms with Gasteiger partial charge in [0.05, 0.1) is 150 Å². The lowest BCUT2D eigenvalue weighted by molar-refractivity contribution is 1.13. The van der Waals surface area contributed by atoms with Crippen LogP contribution >= 0.6 is 0 Å². The van der Waals surface area contributed by atoms with Crippen molar-refractivity contribution in [2.75, 3.05) is 0 Å². The van der Waals surface area contributed by atoms with Gasteiger partial charge >= 0.3 is 0 Å². The Morgan fingerprint density at radius 3 is 0.707 bits per heavy atom. The molecule has 0 saturated carbocycles. The maximum Gasteiger partial charge on any atom is 0.0993 e. The van der Waals surface area contributed by atoms with E-state index in [2.05, 4.69) is 69.8 Å². The molecule has 0 unspecified atom stereocenters. The molecule has 0 radical (unpaired) electrons. The Bertz CT molecular complexity index is 4620. The van der Waals surface area contributed by atoms with E-state index in [-0.39, 0.29) is 0 Å². The van der Waals surface area contributed by atoms with Gasteiger partial charge in [-0.1, -0.05) is 36.4 Å². The number of fused-ring (bicyclic) bond motifs is 6. The fourth-order valence-corrected chi connectivity index (χ4v) is 11.0. The monoisotopic (exact) mass is 1040 g/mol. The van der Waals surface area contributed by atoms with E-state index in [1.807, 2.05) is 91.0 Å². The highest BCUT2D eigenvalue weighted by Crippen LogP contribution is 2.46. The van der Waals surface area contributed by atoms with Crippen molar-refractivity contribution in [3.63, 3.8) is 0 Å². The lowest BCUT2D eigenvalue weighted by Gasteiger charge is -2.21. The molecule has 10 aromatic carbocycles. The molecule has 0 aliphatic heterocycles. The molecular weight excluding hydrogens is 1010 g/mol. The van der Waals surface area contributed by atoms with Crippen molar-refractivity contribution < 1.29 is 0 Å². The molecule has 2 aromatic heterocycles. The molecule has 0 aliphatic carbocycles. The molecule has 0 N–H and O–H groups in total. The Kier molecular flexibility index (Phi) is 12.1.